The van der Waals surface area contributed by atoms with Gasteiger partial charge < -0.3 is 10.6 Å². The summed E-state index contributed by atoms with van der Waals surface area (Å²) in [6.45, 7) is 1.61. The Morgan fingerprint density at radius 2 is 2.00 bits per heavy atom. The molecule has 15 heavy (non-hydrogen) atoms. The minimum atomic E-state index is -0.204. The van der Waals surface area contributed by atoms with E-state index in [0.29, 0.717) is 11.4 Å². The maximum atomic E-state index is 12.6. The number of hydrogen-bond donors (Lipinski definition) is 1. The van der Waals surface area contributed by atoms with Gasteiger partial charge in [-0.1, -0.05) is 24.4 Å². The number of hydrogen-bond acceptors (Lipinski definition) is 2. The van der Waals surface area contributed by atoms with Crippen molar-refractivity contribution in [1.82, 2.24) is 4.90 Å². The summed E-state index contributed by atoms with van der Waals surface area (Å²) in [6.07, 6.45) is 0.715. The number of halogens is 1. The lowest BCUT2D eigenvalue weighted by Gasteiger charge is -2.15. The second-order valence-electron chi connectivity index (χ2n) is 3.58. The Labute approximate surface area is 94.9 Å². The summed E-state index contributed by atoms with van der Waals surface area (Å²) in [7, 11) is 1.99. The van der Waals surface area contributed by atoms with E-state index >= 15 is 0 Å². The normalized spacial score (nSPS) is 10.6. The van der Waals surface area contributed by atoms with Crippen molar-refractivity contribution < 1.29 is 4.39 Å². The van der Waals surface area contributed by atoms with Crippen molar-refractivity contribution >= 4 is 17.2 Å². The smallest absolute Gasteiger partial charge is 0.123 e. The Kier molecular flexibility index (Phi) is 4.65. The van der Waals surface area contributed by atoms with Crippen LogP contribution in [-0.2, 0) is 6.54 Å². The first-order valence-corrected chi connectivity index (χ1v) is 5.20. The van der Waals surface area contributed by atoms with Gasteiger partial charge in [0, 0.05) is 19.5 Å². The van der Waals surface area contributed by atoms with Gasteiger partial charge in [-0.05, 0) is 24.7 Å². The third-order valence-electron chi connectivity index (χ3n) is 2.11. The van der Waals surface area contributed by atoms with E-state index in [9.17, 15) is 4.39 Å². The number of thiocarbonyl (C=S) groups is 1. The van der Waals surface area contributed by atoms with Crippen LogP contribution in [0.25, 0.3) is 0 Å². The lowest BCUT2D eigenvalue weighted by molar-refractivity contribution is 0.337. The summed E-state index contributed by atoms with van der Waals surface area (Å²) in [5, 5.41) is 0. The molecular formula is C11H15FN2S. The quantitative estimate of drug-likeness (QED) is 0.778. The van der Waals surface area contributed by atoms with Gasteiger partial charge in [0.1, 0.15) is 5.82 Å². The maximum absolute atomic E-state index is 12.6. The van der Waals surface area contributed by atoms with Crippen LogP contribution in [0.3, 0.4) is 0 Å². The molecule has 2 N–H and O–H groups in total. The number of nitrogens with two attached hydrogens (primary N) is 1. The predicted octanol–water partition coefficient (Wildman–Crippen LogP) is 1.93. The summed E-state index contributed by atoms with van der Waals surface area (Å²) >= 11 is 4.80. The molecule has 0 fully saturated rings. The van der Waals surface area contributed by atoms with Gasteiger partial charge in [-0.2, -0.15) is 0 Å². The van der Waals surface area contributed by atoms with Crippen LogP contribution in [0.5, 0.6) is 0 Å². The fourth-order valence-electron chi connectivity index (χ4n) is 1.28. The van der Waals surface area contributed by atoms with Crippen molar-refractivity contribution in [2.75, 3.05) is 13.6 Å². The standard InChI is InChI=1S/C11H15FN2S/c1-14(7-6-11(13)15)8-9-2-4-10(12)5-3-9/h2-5H,6-8H2,1H3,(H2,13,15). The van der Waals surface area contributed by atoms with Crippen molar-refractivity contribution in [1.29, 1.82) is 0 Å². The summed E-state index contributed by atoms with van der Waals surface area (Å²) < 4.78 is 12.6. The molecule has 1 aromatic rings. The van der Waals surface area contributed by atoms with Gasteiger partial charge in [0.2, 0.25) is 0 Å². The van der Waals surface area contributed by atoms with Gasteiger partial charge >= 0.3 is 0 Å². The Balaban J connectivity index is 2.40. The molecule has 1 aromatic carbocycles. The Morgan fingerprint density at radius 1 is 1.40 bits per heavy atom. The summed E-state index contributed by atoms with van der Waals surface area (Å²) in [5.74, 6) is -0.204. The largest absolute Gasteiger partial charge is 0.393 e. The topological polar surface area (TPSA) is 29.3 Å². The second-order valence-corrected chi connectivity index (χ2v) is 4.10. The van der Waals surface area contributed by atoms with Gasteiger partial charge in [0.25, 0.3) is 0 Å². The van der Waals surface area contributed by atoms with Crippen LogP contribution in [0.4, 0.5) is 4.39 Å². The first kappa shape index (κ1) is 12.1. The van der Waals surface area contributed by atoms with E-state index < -0.39 is 0 Å². The minimum Gasteiger partial charge on any atom is -0.393 e. The van der Waals surface area contributed by atoms with Gasteiger partial charge in [0.15, 0.2) is 0 Å². The van der Waals surface area contributed by atoms with E-state index in [-0.39, 0.29) is 5.82 Å². The highest BCUT2D eigenvalue weighted by Crippen LogP contribution is 2.05. The van der Waals surface area contributed by atoms with E-state index in [2.05, 4.69) is 4.90 Å². The van der Waals surface area contributed by atoms with Crippen molar-refractivity contribution in [2.45, 2.75) is 13.0 Å². The van der Waals surface area contributed by atoms with Crippen LogP contribution in [0.15, 0.2) is 24.3 Å². The molecule has 82 valence electrons. The zero-order chi connectivity index (χ0) is 11.3. The molecule has 0 unspecified atom stereocenters. The molecule has 0 bridgehead atoms. The minimum absolute atomic E-state index is 0.204. The van der Waals surface area contributed by atoms with Crippen LogP contribution < -0.4 is 5.73 Å². The molecule has 4 heteroatoms. The van der Waals surface area contributed by atoms with Crippen molar-refractivity contribution in [2.24, 2.45) is 5.73 Å². The monoisotopic (exact) mass is 226 g/mol. The van der Waals surface area contributed by atoms with Crippen molar-refractivity contribution in [3.8, 4) is 0 Å². The van der Waals surface area contributed by atoms with E-state index in [1.54, 1.807) is 12.1 Å². The van der Waals surface area contributed by atoms with Gasteiger partial charge in [0.05, 0.1) is 4.99 Å². The molecule has 0 heterocycles. The van der Waals surface area contributed by atoms with Crippen molar-refractivity contribution in [3.63, 3.8) is 0 Å². The molecule has 0 aliphatic heterocycles. The van der Waals surface area contributed by atoms with Gasteiger partial charge in [-0.3, -0.25) is 0 Å². The van der Waals surface area contributed by atoms with E-state index in [1.165, 1.54) is 12.1 Å². The second kappa shape index (κ2) is 5.78. The fraction of sp³-hybridized carbons (Fsp3) is 0.364. The van der Waals surface area contributed by atoms with Crippen molar-refractivity contribution in [3.05, 3.63) is 35.6 Å². The van der Waals surface area contributed by atoms with Gasteiger partial charge in [-0.15, -0.1) is 0 Å². The van der Waals surface area contributed by atoms with Gasteiger partial charge in [-0.25, -0.2) is 4.39 Å². The van der Waals surface area contributed by atoms with Crippen LogP contribution in [0.2, 0.25) is 0 Å². The molecule has 0 amide bonds. The number of benzene rings is 1. The molecule has 0 aliphatic carbocycles. The van der Waals surface area contributed by atoms with E-state index in [4.69, 9.17) is 18.0 Å². The van der Waals surface area contributed by atoms with Crippen LogP contribution in [0.1, 0.15) is 12.0 Å². The molecular weight excluding hydrogens is 211 g/mol. The summed E-state index contributed by atoms with van der Waals surface area (Å²) in [6, 6.07) is 6.51. The Hall–Kier alpha value is -1.00. The average molecular weight is 226 g/mol. The number of nitrogens with zero attached hydrogens (tertiary/aromatic N) is 1. The lowest BCUT2D eigenvalue weighted by Crippen LogP contribution is -2.23. The first-order chi connectivity index (χ1) is 7.08. The van der Waals surface area contributed by atoms with E-state index in [0.717, 1.165) is 18.7 Å². The molecule has 0 saturated heterocycles. The third-order valence-corrected chi connectivity index (χ3v) is 2.31. The molecule has 1 rings (SSSR count). The van der Waals surface area contributed by atoms with Crippen LogP contribution in [0, 0.1) is 5.82 Å². The number of rotatable bonds is 5. The highest BCUT2D eigenvalue weighted by atomic mass is 32.1. The molecule has 0 aromatic heterocycles. The molecule has 0 atom stereocenters. The van der Waals surface area contributed by atoms with Crippen LogP contribution in [-0.4, -0.2) is 23.5 Å². The predicted molar refractivity (Wildman–Crippen MR) is 64.1 cm³/mol. The Morgan fingerprint density at radius 3 is 2.53 bits per heavy atom. The first-order valence-electron chi connectivity index (χ1n) is 4.79. The molecule has 2 nitrogen and oxygen atoms in total. The molecule has 0 saturated carbocycles. The highest BCUT2D eigenvalue weighted by Gasteiger charge is 2.01. The molecule has 0 spiro atoms. The Bertz CT molecular complexity index is 324. The van der Waals surface area contributed by atoms with Crippen LogP contribution >= 0.6 is 12.2 Å². The summed E-state index contributed by atoms with van der Waals surface area (Å²) in [4.78, 5) is 2.63. The van der Waals surface area contributed by atoms with E-state index in [1.807, 2.05) is 7.05 Å². The average Bonchev–Trinajstić information content (AvgIpc) is 2.19. The fourth-order valence-corrected chi connectivity index (χ4v) is 1.37. The molecule has 0 aliphatic rings. The maximum Gasteiger partial charge on any atom is 0.123 e. The third kappa shape index (κ3) is 4.85. The highest BCUT2D eigenvalue weighted by molar-refractivity contribution is 7.80. The summed E-state index contributed by atoms with van der Waals surface area (Å²) in [5.41, 5.74) is 6.49. The molecule has 0 radical (unpaired) electrons. The zero-order valence-corrected chi connectivity index (χ0v) is 9.56. The SMILES string of the molecule is CN(CCC(N)=S)Cc1ccc(F)cc1. The lowest BCUT2D eigenvalue weighted by atomic mass is 10.2. The zero-order valence-electron chi connectivity index (χ0n) is 8.74.